The number of methoxy groups -OCH3 is 1. The smallest absolute Gasteiger partial charge is 0.350 e. The van der Waals surface area contributed by atoms with E-state index in [0.717, 1.165) is 29.2 Å². The van der Waals surface area contributed by atoms with Crippen molar-refractivity contribution in [3.05, 3.63) is 93.9 Å². The van der Waals surface area contributed by atoms with E-state index >= 15 is 0 Å². The molecule has 0 amide bonds. The number of nitrogens with one attached hydrogen (secondary N) is 2. The lowest BCUT2D eigenvalue weighted by atomic mass is 9.90. The maximum atomic E-state index is 12.8. The van der Waals surface area contributed by atoms with E-state index in [-0.39, 0.29) is 23.8 Å². The number of carboxylic acids is 1. The van der Waals surface area contributed by atoms with Crippen molar-refractivity contribution in [1.29, 1.82) is 5.41 Å². The highest BCUT2D eigenvalue weighted by Crippen LogP contribution is 2.33. The summed E-state index contributed by atoms with van der Waals surface area (Å²) in [5.74, 6) is 0.691. The number of aromatic nitrogens is 5. The Morgan fingerprint density at radius 1 is 1.22 bits per heavy atom. The van der Waals surface area contributed by atoms with Gasteiger partial charge in [-0.15, -0.1) is 9.78 Å². The van der Waals surface area contributed by atoms with Crippen molar-refractivity contribution in [2.45, 2.75) is 31.8 Å². The second kappa shape index (κ2) is 13.3. The van der Waals surface area contributed by atoms with Crippen LogP contribution >= 0.6 is 0 Å². The molecule has 2 aromatic heterocycles. The van der Waals surface area contributed by atoms with Crippen LogP contribution in [0.2, 0.25) is 0 Å². The van der Waals surface area contributed by atoms with E-state index in [0.29, 0.717) is 42.5 Å². The van der Waals surface area contributed by atoms with E-state index in [4.69, 9.17) is 35.3 Å². The molecule has 13 heteroatoms. The number of nitrogens with two attached hydrogens (primary N) is 1. The van der Waals surface area contributed by atoms with Crippen LogP contribution in [0.25, 0.3) is 5.95 Å². The Morgan fingerprint density at radius 2 is 1.90 bits per heavy atom. The summed E-state index contributed by atoms with van der Waals surface area (Å²) in [5.41, 5.74) is 7.62. The lowest BCUT2D eigenvalue weighted by molar-refractivity contribution is -0.134. The van der Waals surface area contributed by atoms with Crippen molar-refractivity contribution in [2.24, 2.45) is 5.73 Å². The van der Waals surface area contributed by atoms with Crippen LogP contribution in [0.1, 0.15) is 41.8 Å². The Kier molecular flexibility index (Phi) is 9.43. The number of rotatable bonds is 9. The van der Waals surface area contributed by atoms with Gasteiger partial charge in [-0.2, -0.15) is 0 Å². The van der Waals surface area contributed by atoms with Crippen LogP contribution in [0.5, 0.6) is 11.5 Å². The minimum atomic E-state index is -0.833. The summed E-state index contributed by atoms with van der Waals surface area (Å²) < 4.78 is 18.3. The molecule has 5 N–H and O–H groups in total. The van der Waals surface area contributed by atoms with Crippen LogP contribution in [-0.2, 0) is 16.0 Å². The predicted octanol–water partition coefficient (Wildman–Crippen LogP) is 2.28. The van der Waals surface area contributed by atoms with Crippen LogP contribution < -0.4 is 20.9 Å². The van der Waals surface area contributed by atoms with E-state index in [1.807, 2.05) is 30.3 Å². The van der Waals surface area contributed by atoms with Gasteiger partial charge in [-0.25, -0.2) is 14.8 Å². The average molecular weight is 562 g/mol. The molecule has 1 fully saturated rings. The standard InChI is InChI=1S/C26H27N7O4.C2H4O2/c1-35-20-12-18(13-21(14-20)37-19-7-10-36-15-19)22(11-16-3-5-17(6-4-16)23(27)28)24-31-26(34)33(32-24)25-29-8-2-9-30-25;1-2(3)4/h2-6,8-9,12-14,19,22H,7,10-11,15H2,1H3,(H3,27,28)(H,31,32,34);1H3,(H,3,4)/t19-,22?;/m0./s1. The molecule has 1 aliphatic rings. The molecule has 214 valence electrons. The third-order valence-electron chi connectivity index (χ3n) is 6.14. The maximum absolute atomic E-state index is 12.8. The molecule has 0 spiro atoms. The van der Waals surface area contributed by atoms with Gasteiger partial charge >= 0.3 is 5.69 Å². The fourth-order valence-corrected chi connectivity index (χ4v) is 4.24. The van der Waals surface area contributed by atoms with Gasteiger partial charge in [0.2, 0.25) is 0 Å². The molecule has 0 saturated carbocycles. The van der Waals surface area contributed by atoms with Gasteiger partial charge in [0.25, 0.3) is 11.9 Å². The molecule has 13 nitrogen and oxygen atoms in total. The fraction of sp³-hybridized carbons (Fsp3) is 0.286. The van der Waals surface area contributed by atoms with Gasteiger partial charge in [0.1, 0.15) is 29.3 Å². The van der Waals surface area contributed by atoms with Gasteiger partial charge in [-0.1, -0.05) is 24.3 Å². The molecule has 1 saturated heterocycles. The van der Waals surface area contributed by atoms with E-state index in [2.05, 4.69) is 20.1 Å². The molecule has 1 unspecified atom stereocenters. The molecular formula is C28H31N7O6. The number of benzene rings is 2. The largest absolute Gasteiger partial charge is 0.497 e. The molecule has 4 aromatic rings. The number of carboxylic acid groups (broad SMARTS) is 1. The van der Waals surface area contributed by atoms with Crippen LogP contribution in [-0.4, -0.2) is 68.1 Å². The fourth-order valence-electron chi connectivity index (χ4n) is 4.24. The molecule has 2 aromatic carbocycles. The molecule has 2 atom stereocenters. The van der Waals surface area contributed by atoms with Crippen molar-refractivity contribution in [1.82, 2.24) is 24.7 Å². The van der Waals surface area contributed by atoms with E-state index < -0.39 is 11.7 Å². The first-order valence-corrected chi connectivity index (χ1v) is 12.8. The summed E-state index contributed by atoms with van der Waals surface area (Å²) in [4.78, 5) is 33.0. The first kappa shape index (κ1) is 29.0. The molecule has 3 heterocycles. The van der Waals surface area contributed by atoms with Gasteiger partial charge in [-0.3, -0.25) is 15.2 Å². The highest BCUT2D eigenvalue weighted by molar-refractivity contribution is 5.94. The maximum Gasteiger partial charge on any atom is 0.350 e. The van der Waals surface area contributed by atoms with E-state index in [1.54, 1.807) is 37.7 Å². The summed E-state index contributed by atoms with van der Waals surface area (Å²) in [6, 6.07) is 14.8. The molecule has 0 aliphatic carbocycles. The monoisotopic (exact) mass is 561 g/mol. The number of aliphatic carboxylic acids is 1. The highest BCUT2D eigenvalue weighted by Gasteiger charge is 2.24. The van der Waals surface area contributed by atoms with Crippen molar-refractivity contribution >= 4 is 11.8 Å². The average Bonchev–Trinajstić information content (AvgIpc) is 3.61. The Balaban J connectivity index is 0.000000909. The summed E-state index contributed by atoms with van der Waals surface area (Å²) in [6.07, 6.45) is 4.38. The highest BCUT2D eigenvalue weighted by atomic mass is 16.5. The van der Waals surface area contributed by atoms with Crippen LogP contribution in [0, 0.1) is 5.41 Å². The first-order chi connectivity index (χ1) is 19.7. The zero-order chi connectivity index (χ0) is 29.4. The third-order valence-corrected chi connectivity index (χ3v) is 6.14. The third kappa shape index (κ3) is 7.76. The van der Waals surface area contributed by atoms with Crippen molar-refractivity contribution < 1.29 is 24.1 Å². The van der Waals surface area contributed by atoms with Crippen molar-refractivity contribution in [3.8, 4) is 17.4 Å². The van der Waals surface area contributed by atoms with Gasteiger partial charge in [0, 0.05) is 43.3 Å². The van der Waals surface area contributed by atoms with Gasteiger partial charge in [-0.05, 0) is 35.7 Å². The van der Waals surface area contributed by atoms with Crippen molar-refractivity contribution in [3.63, 3.8) is 0 Å². The molecule has 1 aliphatic heterocycles. The Morgan fingerprint density at radius 3 is 2.51 bits per heavy atom. The number of ether oxygens (including phenoxy) is 3. The zero-order valence-electron chi connectivity index (χ0n) is 22.6. The Bertz CT molecular complexity index is 1530. The first-order valence-electron chi connectivity index (χ1n) is 12.8. The van der Waals surface area contributed by atoms with E-state index in [1.165, 1.54) is 0 Å². The minimum absolute atomic E-state index is 0.000451. The topological polar surface area (TPSA) is 191 Å². The summed E-state index contributed by atoms with van der Waals surface area (Å²) in [5, 5.41) is 19.6. The quantitative estimate of drug-likeness (QED) is 0.174. The van der Waals surface area contributed by atoms with Crippen LogP contribution in [0.3, 0.4) is 0 Å². The van der Waals surface area contributed by atoms with Crippen molar-refractivity contribution in [2.75, 3.05) is 20.3 Å². The lowest BCUT2D eigenvalue weighted by Crippen LogP contribution is -2.18. The summed E-state index contributed by atoms with van der Waals surface area (Å²) in [7, 11) is 1.60. The number of nitrogens with zero attached hydrogens (tertiary/aromatic N) is 4. The lowest BCUT2D eigenvalue weighted by Gasteiger charge is -2.19. The molecule has 41 heavy (non-hydrogen) atoms. The molecule has 0 radical (unpaired) electrons. The second-order valence-corrected chi connectivity index (χ2v) is 9.21. The summed E-state index contributed by atoms with van der Waals surface area (Å²) in [6.45, 7) is 2.29. The number of hydrogen-bond acceptors (Lipinski definition) is 9. The van der Waals surface area contributed by atoms with Crippen LogP contribution in [0.4, 0.5) is 0 Å². The predicted molar refractivity (Wildman–Crippen MR) is 149 cm³/mol. The van der Waals surface area contributed by atoms with Gasteiger partial charge in [0.15, 0.2) is 0 Å². The number of hydrogen-bond donors (Lipinski definition) is 4. The van der Waals surface area contributed by atoms with E-state index in [9.17, 15) is 4.79 Å². The Hall–Kier alpha value is -5.04. The number of amidine groups is 1. The van der Waals surface area contributed by atoms with Gasteiger partial charge < -0.3 is 25.1 Å². The molecular weight excluding hydrogens is 530 g/mol. The van der Waals surface area contributed by atoms with Gasteiger partial charge in [0.05, 0.1) is 20.3 Å². The zero-order valence-corrected chi connectivity index (χ0v) is 22.6. The SMILES string of the molecule is CC(=O)O.COc1cc(O[C@H]2CCOC2)cc(C(Cc2ccc(C(=N)N)cc2)c2nn(-c3ncccn3)c(=O)[nH]2)c1. The normalized spacial score (nSPS) is 14.9. The summed E-state index contributed by atoms with van der Waals surface area (Å²) >= 11 is 0. The molecule has 5 rings (SSSR count). The number of nitrogen functional groups attached to an aromatic ring is 1. The number of aromatic amines is 1. The number of carbonyl (C=O) groups is 1. The number of H-pyrrole nitrogens is 1. The molecule has 0 bridgehead atoms. The second-order valence-electron chi connectivity index (χ2n) is 9.21. The minimum Gasteiger partial charge on any atom is -0.497 e. The van der Waals surface area contributed by atoms with Crippen LogP contribution in [0.15, 0.2) is 65.7 Å². The Labute approximate surface area is 235 Å².